The lowest BCUT2D eigenvalue weighted by Crippen LogP contribution is -2.44. The number of carbonyl (C=O) groups is 1. The summed E-state index contributed by atoms with van der Waals surface area (Å²) in [6.45, 7) is 1.86. The van der Waals surface area contributed by atoms with Crippen LogP contribution in [0.4, 0.5) is 0 Å². The molecule has 6 heteroatoms. The fourth-order valence-electron chi connectivity index (χ4n) is 2.34. The Morgan fingerprint density at radius 3 is 2.50 bits per heavy atom. The van der Waals surface area contributed by atoms with Gasteiger partial charge in [-0.25, -0.2) is 0 Å². The van der Waals surface area contributed by atoms with Crippen molar-refractivity contribution >= 4 is 30.7 Å². The van der Waals surface area contributed by atoms with Gasteiger partial charge in [0.2, 0.25) is 5.91 Å². The van der Waals surface area contributed by atoms with Gasteiger partial charge in [0.25, 0.3) is 0 Å². The van der Waals surface area contributed by atoms with Crippen LogP contribution in [-0.4, -0.2) is 43.0 Å². The first-order valence-corrected chi connectivity index (χ1v) is 6.20. The molecule has 0 aromatic rings. The number of nitrogens with one attached hydrogen (secondary N) is 1. The second-order valence-corrected chi connectivity index (χ2v) is 5.23. The molecule has 18 heavy (non-hydrogen) atoms. The van der Waals surface area contributed by atoms with Gasteiger partial charge in [0.1, 0.15) is 0 Å². The number of nitrogens with zero attached hydrogens (tertiary/aromatic N) is 1. The topological polar surface area (TPSA) is 58.4 Å². The van der Waals surface area contributed by atoms with Crippen LogP contribution in [0.15, 0.2) is 0 Å². The third kappa shape index (κ3) is 7.41. The predicted octanol–water partition coefficient (Wildman–Crippen LogP) is 1.56. The van der Waals surface area contributed by atoms with Crippen LogP contribution in [-0.2, 0) is 4.79 Å². The average Bonchev–Trinajstić information content (AvgIpc) is 2.16. The SMILES string of the molecule is CC(N)CC(=O)NC1CCCC(N(C)C)C1.Cl.Cl. The van der Waals surface area contributed by atoms with Crippen LogP contribution in [0.25, 0.3) is 0 Å². The molecule has 0 aromatic heterocycles. The quantitative estimate of drug-likeness (QED) is 0.828. The molecule has 1 aliphatic carbocycles. The van der Waals surface area contributed by atoms with Crippen LogP contribution < -0.4 is 11.1 Å². The molecule has 110 valence electrons. The van der Waals surface area contributed by atoms with Crippen molar-refractivity contribution in [3.63, 3.8) is 0 Å². The summed E-state index contributed by atoms with van der Waals surface area (Å²) in [6.07, 6.45) is 5.05. The van der Waals surface area contributed by atoms with E-state index >= 15 is 0 Å². The Morgan fingerprint density at radius 2 is 2.00 bits per heavy atom. The maximum Gasteiger partial charge on any atom is 0.221 e. The average molecular weight is 300 g/mol. The van der Waals surface area contributed by atoms with E-state index in [0.717, 1.165) is 12.8 Å². The van der Waals surface area contributed by atoms with Gasteiger partial charge in [0, 0.05) is 24.5 Å². The van der Waals surface area contributed by atoms with Crippen molar-refractivity contribution in [1.82, 2.24) is 10.2 Å². The maximum absolute atomic E-state index is 11.6. The van der Waals surface area contributed by atoms with E-state index in [9.17, 15) is 4.79 Å². The summed E-state index contributed by atoms with van der Waals surface area (Å²) in [5.41, 5.74) is 5.60. The molecule has 0 spiro atoms. The Kier molecular flexibility index (Phi) is 11.1. The number of halogens is 2. The highest BCUT2D eigenvalue weighted by Crippen LogP contribution is 2.21. The van der Waals surface area contributed by atoms with Crippen LogP contribution in [0.3, 0.4) is 0 Å². The molecule has 3 atom stereocenters. The van der Waals surface area contributed by atoms with E-state index in [1.54, 1.807) is 0 Å². The summed E-state index contributed by atoms with van der Waals surface area (Å²) in [5, 5.41) is 3.09. The fraction of sp³-hybridized carbons (Fsp3) is 0.917. The number of hydrogen-bond acceptors (Lipinski definition) is 3. The molecule has 0 saturated heterocycles. The van der Waals surface area contributed by atoms with Gasteiger partial charge in [-0.2, -0.15) is 0 Å². The molecule has 0 aliphatic heterocycles. The summed E-state index contributed by atoms with van der Waals surface area (Å²) in [5.74, 6) is 0.0967. The van der Waals surface area contributed by atoms with Crippen molar-refractivity contribution in [3.8, 4) is 0 Å². The number of carbonyl (C=O) groups excluding carboxylic acids is 1. The summed E-state index contributed by atoms with van der Waals surface area (Å²) < 4.78 is 0. The Morgan fingerprint density at radius 1 is 1.39 bits per heavy atom. The Labute approximate surface area is 123 Å². The van der Waals surface area contributed by atoms with Crippen LogP contribution >= 0.6 is 24.8 Å². The monoisotopic (exact) mass is 299 g/mol. The number of hydrogen-bond donors (Lipinski definition) is 2. The summed E-state index contributed by atoms with van der Waals surface area (Å²) in [7, 11) is 4.22. The lowest BCUT2D eigenvalue weighted by Gasteiger charge is -2.33. The van der Waals surface area contributed by atoms with E-state index in [1.165, 1.54) is 12.8 Å². The second kappa shape index (κ2) is 9.84. The number of nitrogens with two attached hydrogens (primary N) is 1. The van der Waals surface area contributed by atoms with Gasteiger partial charge in [0.05, 0.1) is 0 Å². The first-order valence-electron chi connectivity index (χ1n) is 6.20. The molecule has 0 bridgehead atoms. The van der Waals surface area contributed by atoms with Crippen LogP contribution in [0.1, 0.15) is 39.0 Å². The van der Waals surface area contributed by atoms with Gasteiger partial charge in [0.15, 0.2) is 0 Å². The fourth-order valence-corrected chi connectivity index (χ4v) is 2.34. The van der Waals surface area contributed by atoms with Gasteiger partial charge in [-0.05, 0) is 46.7 Å². The van der Waals surface area contributed by atoms with Gasteiger partial charge in [-0.3, -0.25) is 4.79 Å². The molecule has 1 rings (SSSR count). The van der Waals surface area contributed by atoms with Gasteiger partial charge < -0.3 is 16.0 Å². The smallest absolute Gasteiger partial charge is 0.221 e. The first-order chi connectivity index (χ1) is 7.49. The molecule has 3 unspecified atom stereocenters. The molecule has 1 amide bonds. The van der Waals surface area contributed by atoms with Crippen molar-refractivity contribution in [2.24, 2.45) is 5.73 Å². The first kappa shape index (κ1) is 20.3. The minimum absolute atomic E-state index is 0. The molecule has 0 heterocycles. The van der Waals surface area contributed by atoms with Crippen LogP contribution in [0.5, 0.6) is 0 Å². The lowest BCUT2D eigenvalue weighted by molar-refractivity contribution is -0.122. The van der Waals surface area contributed by atoms with Crippen molar-refractivity contribution < 1.29 is 4.79 Å². The molecule has 1 saturated carbocycles. The highest BCUT2D eigenvalue weighted by molar-refractivity contribution is 5.85. The van der Waals surface area contributed by atoms with Crippen molar-refractivity contribution in [1.29, 1.82) is 0 Å². The van der Waals surface area contributed by atoms with Gasteiger partial charge in [-0.1, -0.05) is 0 Å². The molecule has 1 aliphatic rings. The zero-order valence-electron chi connectivity index (χ0n) is 11.5. The second-order valence-electron chi connectivity index (χ2n) is 5.23. The molecule has 1 fully saturated rings. The third-order valence-electron chi connectivity index (χ3n) is 3.25. The molecular weight excluding hydrogens is 273 g/mol. The minimum atomic E-state index is -0.0479. The summed E-state index contributed by atoms with van der Waals surface area (Å²) in [4.78, 5) is 13.8. The van der Waals surface area contributed by atoms with Crippen molar-refractivity contribution in [3.05, 3.63) is 0 Å². The normalized spacial score (nSPS) is 24.7. The van der Waals surface area contributed by atoms with Crippen LogP contribution in [0, 0.1) is 0 Å². The van der Waals surface area contributed by atoms with E-state index in [-0.39, 0.29) is 36.8 Å². The zero-order valence-corrected chi connectivity index (χ0v) is 13.1. The largest absolute Gasteiger partial charge is 0.353 e. The molecule has 0 radical (unpaired) electrons. The molecule has 4 nitrogen and oxygen atoms in total. The Hall–Kier alpha value is -0.0300. The van der Waals surface area contributed by atoms with Crippen molar-refractivity contribution in [2.45, 2.75) is 57.2 Å². The standard InChI is InChI=1S/C12H25N3O.2ClH/c1-9(13)7-12(16)14-10-5-4-6-11(8-10)15(2)3;;/h9-11H,4-8,13H2,1-3H3,(H,14,16);2*1H. The maximum atomic E-state index is 11.6. The van der Waals surface area contributed by atoms with E-state index < -0.39 is 0 Å². The number of rotatable bonds is 4. The summed E-state index contributed by atoms with van der Waals surface area (Å²) in [6, 6.07) is 0.898. The lowest BCUT2D eigenvalue weighted by atomic mass is 9.90. The van der Waals surface area contributed by atoms with Gasteiger partial charge >= 0.3 is 0 Å². The molecular formula is C12H27Cl2N3O. The highest BCUT2D eigenvalue weighted by atomic mass is 35.5. The minimum Gasteiger partial charge on any atom is -0.353 e. The molecule has 0 aromatic carbocycles. The Balaban J connectivity index is 0. The Bertz CT molecular complexity index is 237. The van der Waals surface area contributed by atoms with E-state index in [1.807, 2.05) is 6.92 Å². The van der Waals surface area contributed by atoms with E-state index in [2.05, 4.69) is 24.3 Å². The number of amides is 1. The van der Waals surface area contributed by atoms with E-state index in [0.29, 0.717) is 18.5 Å². The van der Waals surface area contributed by atoms with E-state index in [4.69, 9.17) is 5.73 Å². The zero-order chi connectivity index (χ0) is 12.1. The molecule has 3 N–H and O–H groups in total. The highest BCUT2D eigenvalue weighted by Gasteiger charge is 2.24. The van der Waals surface area contributed by atoms with Gasteiger partial charge in [-0.15, -0.1) is 24.8 Å². The summed E-state index contributed by atoms with van der Waals surface area (Å²) >= 11 is 0. The van der Waals surface area contributed by atoms with Crippen molar-refractivity contribution in [2.75, 3.05) is 14.1 Å². The van der Waals surface area contributed by atoms with Crippen LogP contribution in [0.2, 0.25) is 0 Å². The third-order valence-corrected chi connectivity index (χ3v) is 3.25. The predicted molar refractivity (Wildman–Crippen MR) is 80.6 cm³/mol.